The van der Waals surface area contributed by atoms with Gasteiger partial charge in [-0.25, -0.2) is 0 Å². The van der Waals surface area contributed by atoms with E-state index in [0.29, 0.717) is 24.1 Å². The number of likely N-dealkylation sites (tertiary alicyclic amines) is 1. The van der Waals surface area contributed by atoms with Gasteiger partial charge in [0.25, 0.3) is 0 Å². The highest BCUT2D eigenvalue weighted by atomic mass is 32.1. The quantitative estimate of drug-likeness (QED) is 0.0626. The van der Waals surface area contributed by atoms with Gasteiger partial charge < -0.3 is 21.1 Å². The lowest BCUT2D eigenvalue weighted by molar-refractivity contribution is 0.0788. The Kier molecular flexibility index (Phi) is 37.5. The van der Waals surface area contributed by atoms with Gasteiger partial charge in [-0.05, 0) is 183 Å². The molecule has 4 nitrogen and oxygen atoms in total. The average molecular weight is 937 g/mol. The van der Waals surface area contributed by atoms with Crippen LogP contribution in [0.4, 0.5) is 0 Å². The molecule has 4 unspecified atom stereocenters. The maximum Gasteiger partial charge on any atom is 0.0571 e. The van der Waals surface area contributed by atoms with Crippen LogP contribution in [0.5, 0.6) is 0 Å². The minimum atomic E-state index is 0.481. The Balaban J connectivity index is -0.00000114. The van der Waals surface area contributed by atoms with E-state index in [4.69, 9.17) is 35.0 Å². The fourth-order valence-corrected chi connectivity index (χ4v) is 9.08. The summed E-state index contributed by atoms with van der Waals surface area (Å²) in [6.45, 7) is 57.0. The Hall–Kier alpha value is -2.47. The molecule has 2 fully saturated rings. The normalized spacial score (nSPS) is 17.0. The summed E-state index contributed by atoms with van der Waals surface area (Å²) in [6.07, 6.45) is 19.7. The van der Waals surface area contributed by atoms with Crippen molar-refractivity contribution in [1.29, 1.82) is 0 Å². The zero-order valence-corrected chi connectivity index (χ0v) is 49.2. The van der Waals surface area contributed by atoms with Crippen molar-refractivity contribution >= 4 is 28.5 Å². The molecule has 3 rings (SSSR count). The highest BCUT2D eigenvalue weighted by Crippen LogP contribution is 2.51. The zero-order valence-electron chi connectivity index (χ0n) is 48.4. The van der Waals surface area contributed by atoms with E-state index in [-0.39, 0.29) is 0 Å². The maximum absolute atomic E-state index is 7.25. The zero-order chi connectivity index (χ0) is 52.1. The third-order valence-electron chi connectivity index (χ3n) is 14.1. The van der Waals surface area contributed by atoms with Crippen LogP contribution in [0.3, 0.4) is 0 Å². The third-order valence-corrected chi connectivity index (χ3v) is 14.6. The van der Waals surface area contributed by atoms with Crippen LogP contribution in [-0.4, -0.2) is 41.6 Å². The molecule has 1 saturated carbocycles. The fraction of sp³-hybridized carbons (Fsp3) is 0.721. The summed E-state index contributed by atoms with van der Waals surface area (Å²) in [5, 5.41) is 0. The van der Waals surface area contributed by atoms with E-state index in [1.807, 2.05) is 34.6 Å². The van der Waals surface area contributed by atoms with Crippen molar-refractivity contribution in [2.45, 2.75) is 260 Å². The Morgan fingerprint density at radius 2 is 1.21 bits per heavy atom. The first-order valence-corrected chi connectivity index (χ1v) is 27.3. The van der Waals surface area contributed by atoms with E-state index in [0.717, 1.165) is 78.1 Å². The van der Waals surface area contributed by atoms with Gasteiger partial charge in [0.2, 0.25) is 0 Å². The Bertz CT molecular complexity index is 1620. The molecule has 1 saturated heterocycles. The standard InChI is InChI=1S/C35H54N2S.C9H20O.C7H14.C4H11N.C4H8.C2H6/c1-13-22(9)35(38)32(23(10)21(7)8)34(36)33-28(16-4)24(11)31(29(17-5)30(33)18-6)25(12)37-26(14-2)19-20-27(37)15-3;1-5-8(3)7-9(6-2)10-4;1-3-7(4-2)5-6-7;1-4(2)3-5;1-4(2)3;1-2/h13,26-27H,12,14-20,36H2,1-11H3;8-9H,5-7H2,1-4H3;3-6H2,1-2H3;4H,3,5H2,1-2H3;1H2,2-3H3;1-2H3/b22-13-,34-32-;;;;;. The summed E-state index contributed by atoms with van der Waals surface area (Å²) in [4.78, 5) is 3.52. The maximum atomic E-state index is 7.25. The van der Waals surface area contributed by atoms with Crippen LogP contribution in [0, 0.1) is 24.2 Å². The number of hydrogen-bond acceptors (Lipinski definition) is 5. The van der Waals surface area contributed by atoms with Gasteiger partial charge in [-0.3, -0.25) is 0 Å². The molecule has 0 bridgehead atoms. The summed E-state index contributed by atoms with van der Waals surface area (Å²) < 4.78 is 5.27. The van der Waals surface area contributed by atoms with Gasteiger partial charge in [0.05, 0.1) is 6.10 Å². The first-order chi connectivity index (χ1) is 31.0. The van der Waals surface area contributed by atoms with Gasteiger partial charge in [-0.15, -0.1) is 6.58 Å². The average Bonchev–Trinajstić information content (AvgIpc) is 3.99. The van der Waals surface area contributed by atoms with Gasteiger partial charge in [0.1, 0.15) is 0 Å². The number of methoxy groups -OCH3 is 1. The first-order valence-electron chi connectivity index (χ1n) is 26.9. The molecule has 1 aromatic rings. The van der Waals surface area contributed by atoms with Crippen molar-refractivity contribution in [1.82, 2.24) is 4.90 Å². The molecule has 4 atom stereocenters. The van der Waals surface area contributed by atoms with Crippen molar-refractivity contribution in [2.75, 3.05) is 13.7 Å². The summed E-state index contributed by atoms with van der Waals surface area (Å²) in [5.41, 5.74) is 29.0. The molecule has 0 aromatic heterocycles. The summed E-state index contributed by atoms with van der Waals surface area (Å²) in [6, 6.07) is 1.15. The summed E-state index contributed by atoms with van der Waals surface area (Å²) >= 11 is 6.05. The fourth-order valence-electron chi connectivity index (χ4n) is 8.70. The van der Waals surface area contributed by atoms with E-state index in [2.05, 4.69) is 135 Å². The minimum Gasteiger partial charge on any atom is -0.398 e. The Labute approximate surface area is 419 Å². The summed E-state index contributed by atoms with van der Waals surface area (Å²) in [7, 11) is 1.80. The molecule has 0 spiro atoms. The Morgan fingerprint density at radius 3 is 1.48 bits per heavy atom. The number of thiocarbonyl (C=S) groups is 1. The van der Waals surface area contributed by atoms with Crippen LogP contribution < -0.4 is 11.5 Å². The molecule has 1 aliphatic carbocycles. The smallest absolute Gasteiger partial charge is 0.0571 e. The molecule has 1 aliphatic heterocycles. The van der Waals surface area contributed by atoms with Crippen molar-refractivity contribution in [3.63, 3.8) is 0 Å². The van der Waals surface area contributed by atoms with Crippen molar-refractivity contribution in [3.8, 4) is 0 Å². The number of nitrogens with zero attached hydrogens (tertiary/aromatic N) is 1. The summed E-state index contributed by atoms with van der Waals surface area (Å²) in [5.74, 6) is 1.47. The molecular weight excluding hydrogens is 823 g/mol. The molecule has 4 N–H and O–H groups in total. The molecule has 0 amide bonds. The third kappa shape index (κ3) is 21.9. The lowest BCUT2D eigenvalue weighted by atomic mass is 9.79. The number of rotatable bonds is 19. The second kappa shape index (κ2) is 36.5. The molecule has 1 heterocycles. The SMILES string of the molecule is C=C(C)C.C=C(c1c(C)c(CC)c(/C(N)=C(/C(=S)/C(C)=C\C)C(C)=C(C)C)c(CC)c1CC)N1C(CC)CCC1CC.CC.CC(C)CN.CCC(C)CC(CC)OC.CCC1(CC)CC1. The van der Waals surface area contributed by atoms with Gasteiger partial charge in [0.15, 0.2) is 0 Å². The van der Waals surface area contributed by atoms with E-state index >= 15 is 0 Å². The second-order valence-corrected chi connectivity index (χ2v) is 20.1. The van der Waals surface area contributed by atoms with Crippen LogP contribution >= 0.6 is 12.2 Å². The predicted molar refractivity (Wildman–Crippen MR) is 308 cm³/mol. The molecule has 1 aromatic carbocycles. The van der Waals surface area contributed by atoms with E-state index in [1.165, 1.54) is 107 Å². The van der Waals surface area contributed by atoms with Crippen molar-refractivity contribution < 1.29 is 4.74 Å². The Morgan fingerprint density at radius 1 is 0.788 bits per heavy atom. The lowest BCUT2D eigenvalue weighted by Crippen LogP contribution is -2.34. The van der Waals surface area contributed by atoms with Crippen molar-refractivity contribution in [2.24, 2.45) is 28.7 Å². The first kappa shape index (κ1) is 67.8. The van der Waals surface area contributed by atoms with E-state index < -0.39 is 0 Å². The number of nitrogens with two attached hydrogens (primary N) is 2. The number of allylic oxidation sites excluding steroid dienone is 6. The van der Waals surface area contributed by atoms with Gasteiger partial charge >= 0.3 is 0 Å². The number of benzene rings is 1. The van der Waals surface area contributed by atoms with Gasteiger partial charge in [0, 0.05) is 52.2 Å². The largest absolute Gasteiger partial charge is 0.398 e. The predicted octanol–water partition coefficient (Wildman–Crippen LogP) is 18.3. The minimum absolute atomic E-state index is 0.481. The van der Waals surface area contributed by atoms with Crippen LogP contribution in [0.1, 0.15) is 249 Å². The number of ether oxygens (including phenoxy) is 1. The van der Waals surface area contributed by atoms with Crippen LogP contribution in [0.15, 0.2) is 47.1 Å². The van der Waals surface area contributed by atoms with Crippen LogP contribution in [0.25, 0.3) is 11.4 Å². The van der Waals surface area contributed by atoms with E-state index in [9.17, 15) is 0 Å². The molecule has 0 radical (unpaired) electrons. The highest BCUT2D eigenvalue weighted by Gasteiger charge is 2.38. The molecule has 5 heteroatoms. The lowest BCUT2D eigenvalue weighted by Gasteiger charge is -2.36. The molecular formula is C61H113N3OS. The van der Waals surface area contributed by atoms with Gasteiger partial charge in [-0.1, -0.05) is 152 Å². The monoisotopic (exact) mass is 936 g/mol. The molecule has 384 valence electrons. The highest BCUT2D eigenvalue weighted by molar-refractivity contribution is 7.81. The second-order valence-electron chi connectivity index (χ2n) is 19.7. The number of hydrogen-bond donors (Lipinski definition) is 2. The molecule has 66 heavy (non-hydrogen) atoms. The van der Waals surface area contributed by atoms with Gasteiger partial charge in [-0.2, -0.15) is 0 Å². The van der Waals surface area contributed by atoms with E-state index in [1.54, 1.807) is 7.11 Å². The molecule has 2 aliphatic rings. The van der Waals surface area contributed by atoms with Crippen molar-refractivity contribution in [3.05, 3.63) is 80.5 Å². The van der Waals surface area contributed by atoms with Crippen LogP contribution in [0.2, 0.25) is 0 Å². The topological polar surface area (TPSA) is 64.5 Å². The van der Waals surface area contributed by atoms with Crippen LogP contribution in [-0.2, 0) is 24.0 Å².